The second-order valence-corrected chi connectivity index (χ2v) is 9.57. The highest BCUT2D eigenvalue weighted by molar-refractivity contribution is 5.84. The largest absolute Gasteiger partial charge is 0.480 e. The van der Waals surface area contributed by atoms with E-state index >= 15 is 0 Å². The number of alkyl carbamates (subject to hydrolysis) is 1. The van der Waals surface area contributed by atoms with Gasteiger partial charge in [-0.1, -0.05) is 48.5 Å². The molecule has 1 heterocycles. The second-order valence-electron chi connectivity index (χ2n) is 9.57. The summed E-state index contributed by atoms with van der Waals surface area (Å²) in [6.45, 7) is 0.940. The summed E-state index contributed by atoms with van der Waals surface area (Å²) in [7, 11) is 0. The number of carboxylic acid groups (broad SMARTS) is 1. The third-order valence-electron chi connectivity index (χ3n) is 7.40. The maximum atomic E-state index is 12.7. The normalized spacial score (nSPS) is 23.4. The SMILES string of the molecule is O=C(N[C@H]1CC[C@@H](CC(=O)N2CCOCC2C(=O)O)C1)OCC1c2ccccc2-c2ccccc21. The van der Waals surface area contributed by atoms with Gasteiger partial charge < -0.3 is 24.8 Å². The van der Waals surface area contributed by atoms with Crippen LogP contribution in [0.1, 0.15) is 42.7 Å². The van der Waals surface area contributed by atoms with Gasteiger partial charge in [-0.2, -0.15) is 0 Å². The smallest absolute Gasteiger partial charge is 0.407 e. The number of nitrogens with zero attached hydrogens (tertiary/aromatic N) is 1. The van der Waals surface area contributed by atoms with Crippen LogP contribution in [-0.2, 0) is 19.1 Å². The third-order valence-corrected chi connectivity index (χ3v) is 7.40. The van der Waals surface area contributed by atoms with Crippen molar-refractivity contribution in [2.24, 2.45) is 5.92 Å². The van der Waals surface area contributed by atoms with E-state index < -0.39 is 18.1 Å². The van der Waals surface area contributed by atoms with Crippen LogP contribution in [0.5, 0.6) is 0 Å². The number of carbonyl (C=O) groups is 3. The van der Waals surface area contributed by atoms with Gasteiger partial charge in [0.2, 0.25) is 5.91 Å². The van der Waals surface area contributed by atoms with Crippen LogP contribution in [0.15, 0.2) is 48.5 Å². The first-order chi connectivity index (χ1) is 17.0. The molecule has 5 rings (SSSR count). The average Bonchev–Trinajstić information content (AvgIpc) is 3.44. The van der Waals surface area contributed by atoms with Crippen molar-refractivity contribution in [3.05, 3.63) is 59.7 Å². The van der Waals surface area contributed by atoms with Crippen molar-refractivity contribution in [1.82, 2.24) is 10.2 Å². The summed E-state index contributed by atoms with van der Waals surface area (Å²) in [5, 5.41) is 12.3. The van der Waals surface area contributed by atoms with Gasteiger partial charge in [0.15, 0.2) is 6.04 Å². The van der Waals surface area contributed by atoms with Crippen LogP contribution < -0.4 is 5.32 Å². The number of rotatable bonds is 6. The molecule has 2 fully saturated rings. The molecule has 3 aliphatic rings. The zero-order valence-corrected chi connectivity index (χ0v) is 19.5. The lowest BCUT2D eigenvalue weighted by Crippen LogP contribution is -2.52. The quantitative estimate of drug-likeness (QED) is 0.659. The Morgan fingerprint density at radius 2 is 1.71 bits per heavy atom. The topological polar surface area (TPSA) is 105 Å². The summed E-state index contributed by atoms with van der Waals surface area (Å²) >= 11 is 0. The highest BCUT2D eigenvalue weighted by Gasteiger charge is 2.36. The first kappa shape index (κ1) is 23.4. The molecular formula is C27H30N2O6. The van der Waals surface area contributed by atoms with Crippen molar-refractivity contribution in [2.75, 3.05) is 26.4 Å². The van der Waals surface area contributed by atoms with Crippen LogP contribution in [0.2, 0.25) is 0 Å². The minimum absolute atomic E-state index is 0.0119. The Labute approximate surface area is 204 Å². The highest BCUT2D eigenvalue weighted by Crippen LogP contribution is 2.44. The van der Waals surface area contributed by atoms with Gasteiger partial charge in [-0.3, -0.25) is 4.79 Å². The van der Waals surface area contributed by atoms with E-state index in [4.69, 9.17) is 9.47 Å². The van der Waals surface area contributed by atoms with Gasteiger partial charge >= 0.3 is 12.1 Å². The van der Waals surface area contributed by atoms with E-state index in [0.717, 1.165) is 12.8 Å². The van der Waals surface area contributed by atoms with Gasteiger partial charge in [-0.15, -0.1) is 0 Å². The molecule has 0 spiro atoms. The maximum Gasteiger partial charge on any atom is 0.407 e. The number of benzene rings is 2. The lowest BCUT2D eigenvalue weighted by molar-refractivity contribution is -0.158. The molecule has 8 nitrogen and oxygen atoms in total. The fraction of sp³-hybridized carbons (Fsp3) is 0.444. The first-order valence-corrected chi connectivity index (χ1v) is 12.2. The number of ether oxygens (including phenoxy) is 2. The molecular weight excluding hydrogens is 448 g/mol. The predicted octanol–water partition coefficient (Wildman–Crippen LogP) is 3.40. The van der Waals surface area contributed by atoms with Crippen LogP contribution in [-0.4, -0.2) is 66.4 Å². The van der Waals surface area contributed by atoms with E-state index in [1.165, 1.54) is 27.2 Å². The Kier molecular flexibility index (Phi) is 6.72. The van der Waals surface area contributed by atoms with Crippen LogP contribution in [0, 0.1) is 5.92 Å². The van der Waals surface area contributed by atoms with Crippen molar-refractivity contribution in [1.29, 1.82) is 0 Å². The monoisotopic (exact) mass is 478 g/mol. The van der Waals surface area contributed by atoms with Gasteiger partial charge in [0, 0.05) is 24.9 Å². The van der Waals surface area contributed by atoms with Crippen molar-refractivity contribution >= 4 is 18.0 Å². The molecule has 2 aromatic rings. The fourth-order valence-corrected chi connectivity index (χ4v) is 5.67. The molecule has 1 unspecified atom stereocenters. The molecule has 0 bridgehead atoms. The summed E-state index contributed by atoms with van der Waals surface area (Å²) in [5.74, 6) is -1.08. The van der Waals surface area contributed by atoms with E-state index in [9.17, 15) is 19.5 Å². The fourth-order valence-electron chi connectivity index (χ4n) is 5.67. The zero-order chi connectivity index (χ0) is 24.4. The summed E-state index contributed by atoms with van der Waals surface area (Å²) in [4.78, 5) is 38.2. The number of fused-ring (bicyclic) bond motifs is 3. The summed E-state index contributed by atoms with van der Waals surface area (Å²) in [6, 6.07) is 15.5. The Bertz CT molecular complexity index is 1070. The Morgan fingerprint density at radius 3 is 2.40 bits per heavy atom. The Hall–Kier alpha value is -3.39. The van der Waals surface area contributed by atoms with Gasteiger partial charge in [0.05, 0.1) is 13.2 Å². The molecule has 0 radical (unpaired) electrons. The highest BCUT2D eigenvalue weighted by atomic mass is 16.5. The summed E-state index contributed by atoms with van der Waals surface area (Å²) in [5.41, 5.74) is 4.71. The minimum atomic E-state index is -1.04. The summed E-state index contributed by atoms with van der Waals surface area (Å²) < 4.78 is 10.9. The van der Waals surface area contributed by atoms with Gasteiger partial charge in [-0.25, -0.2) is 9.59 Å². The van der Waals surface area contributed by atoms with Gasteiger partial charge in [0.1, 0.15) is 6.61 Å². The molecule has 184 valence electrons. The van der Waals surface area contributed by atoms with E-state index in [2.05, 4.69) is 29.6 Å². The standard InChI is InChI=1S/C27H30N2O6/c30-25(29-11-12-34-16-24(29)26(31)32)14-17-9-10-18(13-17)28-27(33)35-15-23-21-7-3-1-5-19(21)20-6-2-4-8-22(20)23/h1-8,17-18,23-24H,9-16H2,(H,28,33)(H,31,32)/t17-,18+,24?/m1/s1. The average molecular weight is 479 g/mol. The molecule has 35 heavy (non-hydrogen) atoms. The molecule has 1 saturated heterocycles. The lowest BCUT2D eigenvalue weighted by Gasteiger charge is -2.33. The lowest BCUT2D eigenvalue weighted by atomic mass is 9.98. The Balaban J connectivity index is 1.12. The molecule has 2 N–H and O–H groups in total. The summed E-state index contributed by atoms with van der Waals surface area (Å²) in [6.07, 6.45) is 2.10. The van der Waals surface area contributed by atoms with E-state index in [1.54, 1.807) is 0 Å². The third kappa shape index (κ3) is 4.89. The molecule has 3 atom stereocenters. The molecule has 2 aliphatic carbocycles. The van der Waals surface area contributed by atoms with Crippen LogP contribution in [0.4, 0.5) is 4.79 Å². The number of aliphatic carboxylic acids is 1. The van der Waals surface area contributed by atoms with Crippen molar-refractivity contribution in [2.45, 2.75) is 43.7 Å². The van der Waals surface area contributed by atoms with Crippen LogP contribution in [0.25, 0.3) is 11.1 Å². The second kappa shape index (κ2) is 10.1. The number of carbonyl (C=O) groups excluding carboxylic acids is 2. The van der Waals surface area contributed by atoms with E-state index in [1.807, 2.05) is 24.3 Å². The van der Waals surface area contributed by atoms with Crippen LogP contribution >= 0.6 is 0 Å². The number of amides is 2. The molecule has 2 aromatic carbocycles. The molecule has 1 saturated carbocycles. The number of hydrogen-bond acceptors (Lipinski definition) is 5. The molecule has 0 aromatic heterocycles. The number of hydrogen-bond donors (Lipinski definition) is 2. The predicted molar refractivity (Wildman–Crippen MR) is 128 cm³/mol. The Morgan fingerprint density at radius 1 is 1.03 bits per heavy atom. The number of morpholine rings is 1. The van der Waals surface area contributed by atoms with E-state index in [-0.39, 0.29) is 43.4 Å². The minimum Gasteiger partial charge on any atom is -0.480 e. The molecule has 1 aliphatic heterocycles. The molecule has 8 heteroatoms. The van der Waals surface area contributed by atoms with Gasteiger partial charge in [0.25, 0.3) is 0 Å². The van der Waals surface area contributed by atoms with E-state index in [0.29, 0.717) is 19.6 Å². The number of carboxylic acids is 1. The maximum absolute atomic E-state index is 12.7. The van der Waals surface area contributed by atoms with Crippen molar-refractivity contribution in [3.63, 3.8) is 0 Å². The zero-order valence-electron chi connectivity index (χ0n) is 19.5. The van der Waals surface area contributed by atoms with Crippen molar-refractivity contribution in [3.8, 4) is 11.1 Å². The molecule has 2 amide bonds. The first-order valence-electron chi connectivity index (χ1n) is 12.2. The van der Waals surface area contributed by atoms with Gasteiger partial charge in [-0.05, 0) is 47.4 Å². The van der Waals surface area contributed by atoms with Crippen LogP contribution in [0.3, 0.4) is 0 Å². The number of nitrogens with one attached hydrogen (secondary N) is 1. The van der Waals surface area contributed by atoms with Crippen molar-refractivity contribution < 1.29 is 29.0 Å².